The van der Waals surface area contributed by atoms with Gasteiger partial charge in [0.05, 0.1) is 0 Å². The molecular weight excluding hydrogens is 224 g/mol. The van der Waals surface area contributed by atoms with Gasteiger partial charge in [-0.05, 0) is 50.5 Å². The second-order valence-electron chi connectivity index (χ2n) is 6.34. The zero-order chi connectivity index (χ0) is 13.5. The Kier molecular flexibility index (Phi) is 6.69. The van der Waals surface area contributed by atoms with E-state index in [1.165, 1.54) is 25.7 Å². The molecule has 0 radical (unpaired) electrons. The van der Waals surface area contributed by atoms with Crippen LogP contribution in [-0.4, -0.2) is 18.5 Å². The van der Waals surface area contributed by atoms with Gasteiger partial charge in [0, 0.05) is 12.5 Å². The molecule has 1 amide bonds. The molecule has 106 valence electrons. The summed E-state index contributed by atoms with van der Waals surface area (Å²) in [5.41, 5.74) is 5.74. The van der Waals surface area contributed by atoms with Crippen molar-refractivity contribution in [1.29, 1.82) is 0 Å². The molecule has 0 heterocycles. The number of hydrogen-bond donors (Lipinski definition) is 2. The highest BCUT2D eigenvalue weighted by Gasteiger charge is 2.23. The third kappa shape index (κ3) is 5.38. The van der Waals surface area contributed by atoms with Crippen LogP contribution in [0.1, 0.15) is 59.3 Å². The zero-order valence-corrected chi connectivity index (χ0v) is 12.2. The monoisotopic (exact) mass is 254 g/mol. The van der Waals surface area contributed by atoms with Crippen molar-refractivity contribution in [2.24, 2.45) is 23.5 Å². The quantitative estimate of drug-likeness (QED) is 0.734. The van der Waals surface area contributed by atoms with E-state index in [-0.39, 0.29) is 5.91 Å². The number of carbonyl (C=O) groups excluding carboxylic acids is 1. The van der Waals surface area contributed by atoms with Crippen LogP contribution in [0, 0.1) is 17.8 Å². The van der Waals surface area contributed by atoms with E-state index in [2.05, 4.69) is 26.1 Å². The predicted octanol–water partition coefficient (Wildman–Crippen LogP) is 2.69. The first-order chi connectivity index (χ1) is 8.52. The molecule has 0 aliphatic heterocycles. The van der Waals surface area contributed by atoms with Gasteiger partial charge in [0.1, 0.15) is 0 Å². The maximum absolute atomic E-state index is 12.0. The van der Waals surface area contributed by atoms with Gasteiger partial charge < -0.3 is 11.1 Å². The second kappa shape index (κ2) is 7.78. The molecule has 2 atom stereocenters. The van der Waals surface area contributed by atoms with E-state index in [4.69, 9.17) is 5.73 Å². The minimum atomic E-state index is 0.186. The Hall–Kier alpha value is -0.570. The van der Waals surface area contributed by atoms with Gasteiger partial charge in [0.15, 0.2) is 0 Å². The Morgan fingerprint density at radius 2 is 1.89 bits per heavy atom. The zero-order valence-electron chi connectivity index (χ0n) is 12.2. The lowest BCUT2D eigenvalue weighted by Gasteiger charge is -2.22. The first kappa shape index (κ1) is 15.5. The molecule has 0 spiro atoms. The van der Waals surface area contributed by atoms with Crippen molar-refractivity contribution < 1.29 is 4.79 Å². The summed E-state index contributed by atoms with van der Waals surface area (Å²) in [4.78, 5) is 12.0. The first-order valence-corrected chi connectivity index (χ1v) is 7.52. The fourth-order valence-corrected chi connectivity index (χ4v) is 3.08. The summed E-state index contributed by atoms with van der Waals surface area (Å²) in [6, 6.07) is 0.331. The second-order valence-corrected chi connectivity index (χ2v) is 6.34. The van der Waals surface area contributed by atoms with E-state index in [1.54, 1.807) is 0 Å². The lowest BCUT2D eigenvalue weighted by molar-refractivity contribution is -0.123. The van der Waals surface area contributed by atoms with Crippen molar-refractivity contribution in [3.63, 3.8) is 0 Å². The van der Waals surface area contributed by atoms with Crippen LogP contribution in [0.3, 0.4) is 0 Å². The lowest BCUT2D eigenvalue weighted by atomic mass is 9.93. The highest BCUT2D eigenvalue weighted by Crippen LogP contribution is 2.27. The molecule has 1 saturated carbocycles. The molecule has 3 heteroatoms. The molecule has 3 nitrogen and oxygen atoms in total. The van der Waals surface area contributed by atoms with Crippen LogP contribution >= 0.6 is 0 Å². The van der Waals surface area contributed by atoms with Crippen molar-refractivity contribution in [3.05, 3.63) is 0 Å². The van der Waals surface area contributed by atoms with Crippen LogP contribution in [0.25, 0.3) is 0 Å². The summed E-state index contributed by atoms with van der Waals surface area (Å²) in [5, 5.41) is 3.17. The summed E-state index contributed by atoms with van der Waals surface area (Å²) >= 11 is 0. The van der Waals surface area contributed by atoms with Gasteiger partial charge in [-0.2, -0.15) is 0 Å². The van der Waals surface area contributed by atoms with E-state index < -0.39 is 0 Å². The van der Waals surface area contributed by atoms with Gasteiger partial charge in [-0.25, -0.2) is 0 Å². The SMILES string of the molecule is CC(C)C[C@H](CN)CC(=O)N[C@@H](C)C1CCCC1. The third-order valence-corrected chi connectivity index (χ3v) is 4.11. The Morgan fingerprint density at radius 3 is 2.39 bits per heavy atom. The normalized spacial score (nSPS) is 20.1. The number of carbonyl (C=O) groups is 1. The smallest absolute Gasteiger partial charge is 0.220 e. The van der Waals surface area contributed by atoms with Crippen molar-refractivity contribution >= 4 is 5.91 Å². The number of nitrogens with one attached hydrogen (secondary N) is 1. The number of amides is 1. The van der Waals surface area contributed by atoms with Crippen LogP contribution < -0.4 is 11.1 Å². The highest BCUT2D eigenvalue weighted by atomic mass is 16.1. The summed E-state index contributed by atoms with van der Waals surface area (Å²) in [7, 11) is 0. The molecule has 0 unspecified atom stereocenters. The highest BCUT2D eigenvalue weighted by molar-refractivity contribution is 5.76. The minimum Gasteiger partial charge on any atom is -0.353 e. The number of rotatable bonds is 7. The van der Waals surface area contributed by atoms with Crippen LogP contribution in [0.15, 0.2) is 0 Å². The molecule has 0 aromatic heterocycles. The molecule has 1 aliphatic carbocycles. The Morgan fingerprint density at radius 1 is 1.28 bits per heavy atom. The van der Waals surface area contributed by atoms with Crippen molar-refractivity contribution in [2.45, 2.75) is 65.3 Å². The number of hydrogen-bond acceptors (Lipinski definition) is 2. The van der Waals surface area contributed by atoms with Gasteiger partial charge >= 0.3 is 0 Å². The Balaban J connectivity index is 2.30. The molecule has 1 rings (SSSR count). The van der Waals surface area contributed by atoms with Crippen molar-refractivity contribution in [3.8, 4) is 0 Å². The van der Waals surface area contributed by atoms with Crippen LogP contribution in [0.2, 0.25) is 0 Å². The summed E-state index contributed by atoms with van der Waals surface area (Å²) < 4.78 is 0. The van der Waals surface area contributed by atoms with Gasteiger partial charge in [-0.15, -0.1) is 0 Å². The van der Waals surface area contributed by atoms with Gasteiger partial charge in [0.2, 0.25) is 5.91 Å². The van der Waals surface area contributed by atoms with Gasteiger partial charge in [-0.1, -0.05) is 26.7 Å². The van der Waals surface area contributed by atoms with E-state index in [0.29, 0.717) is 36.8 Å². The predicted molar refractivity (Wildman–Crippen MR) is 76.2 cm³/mol. The Labute approximate surface area is 112 Å². The van der Waals surface area contributed by atoms with E-state index >= 15 is 0 Å². The molecule has 3 N–H and O–H groups in total. The molecule has 0 bridgehead atoms. The topological polar surface area (TPSA) is 55.1 Å². The van der Waals surface area contributed by atoms with E-state index in [1.807, 2.05) is 0 Å². The maximum Gasteiger partial charge on any atom is 0.220 e. The molecule has 0 aromatic carbocycles. The molecule has 1 aliphatic rings. The van der Waals surface area contributed by atoms with Gasteiger partial charge in [-0.3, -0.25) is 4.79 Å². The lowest BCUT2D eigenvalue weighted by Crippen LogP contribution is -2.38. The fourth-order valence-electron chi connectivity index (χ4n) is 3.08. The minimum absolute atomic E-state index is 0.186. The van der Waals surface area contributed by atoms with Crippen molar-refractivity contribution in [2.75, 3.05) is 6.54 Å². The average molecular weight is 254 g/mol. The van der Waals surface area contributed by atoms with Crippen LogP contribution in [0.4, 0.5) is 0 Å². The average Bonchev–Trinajstić information content (AvgIpc) is 2.80. The molecule has 0 aromatic rings. The van der Waals surface area contributed by atoms with E-state index in [0.717, 1.165) is 6.42 Å². The molecule has 18 heavy (non-hydrogen) atoms. The van der Waals surface area contributed by atoms with Gasteiger partial charge in [0.25, 0.3) is 0 Å². The van der Waals surface area contributed by atoms with E-state index in [9.17, 15) is 4.79 Å². The molecule has 1 fully saturated rings. The molecule has 0 saturated heterocycles. The standard InChI is InChI=1S/C15H30N2O/c1-11(2)8-13(10-16)9-15(18)17-12(3)14-6-4-5-7-14/h11-14H,4-10,16H2,1-3H3,(H,17,18)/t12-,13-/m0/s1. The summed E-state index contributed by atoms with van der Waals surface area (Å²) in [6.07, 6.45) is 6.82. The van der Waals surface area contributed by atoms with Crippen molar-refractivity contribution in [1.82, 2.24) is 5.32 Å². The summed E-state index contributed by atoms with van der Waals surface area (Å²) in [6.45, 7) is 7.13. The number of nitrogens with two attached hydrogens (primary N) is 1. The van der Waals surface area contributed by atoms with Crippen LogP contribution in [-0.2, 0) is 4.79 Å². The summed E-state index contributed by atoms with van der Waals surface area (Å²) in [5.74, 6) is 1.82. The maximum atomic E-state index is 12.0. The fraction of sp³-hybridized carbons (Fsp3) is 0.933. The first-order valence-electron chi connectivity index (χ1n) is 7.52. The molecular formula is C15H30N2O. The largest absolute Gasteiger partial charge is 0.353 e. The van der Waals surface area contributed by atoms with Crippen LogP contribution in [0.5, 0.6) is 0 Å². The third-order valence-electron chi connectivity index (χ3n) is 4.11. The Bertz CT molecular complexity index is 241.